The van der Waals surface area contributed by atoms with Gasteiger partial charge in [0.25, 0.3) is 5.91 Å². The summed E-state index contributed by atoms with van der Waals surface area (Å²) < 4.78 is 0. The maximum absolute atomic E-state index is 13.4. The Balaban J connectivity index is 1.76. The highest BCUT2D eigenvalue weighted by molar-refractivity contribution is 7.13. The van der Waals surface area contributed by atoms with Crippen molar-refractivity contribution < 1.29 is 19.5 Å². The van der Waals surface area contributed by atoms with Crippen molar-refractivity contribution in [3.8, 4) is 10.4 Å². The van der Waals surface area contributed by atoms with Crippen LogP contribution in [0, 0.1) is 12.3 Å². The second-order valence-electron chi connectivity index (χ2n) is 9.93. The van der Waals surface area contributed by atoms with Crippen molar-refractivity contribution in [2.75, 3.05) is 18.1 Å². The van der Waals surface area contributed by atoms with E-state index in [1.54, 1.807) is 16.3 Å². The van der Waals surface area contributed by atoms with Crippen LogP contribution in [0.2, 0.25) is 0 Å². The van der Waals surface area contributed by atoms with E-state index < -0.39 is 23.6 Å². The van der Waals surface area contributed by atoms with Gasteiger partial charge in [-0.3, -0.25) is 24.8 Å². The summed E-state index contributed by atoms with van der Waals surface area (Å²) in [4.78, 5) is 45.2. The molecular weight excluding hydrogens is 466 g/mol. The first-order chi connectivity index (χ1) is 16.4. The van der Waals surface area contributed by atoms with Crippen LogP contribution in [0.1, 0.15) is 46.7 Å². The van der Waals surface area contributed by atoms with Crippen LogP contribution in [0.3, 0.4) is 0 Å². The fourth-order valence-electron chi connectivity index (χ4n) is 4.23. The average molecular weight is 502 g/mol. The molecule has 9 nitrogen and oxygen atoms in total. The molecule has 1 aromatic carbocycles. The Bertz CT molecular complexity index is 1060. The molecule has 1 saturated heterocycles. The molecule has 3 atom stereocenters. The van der Waals surface area contributed by atoms with E-state index >= 15 is 0 Å². The number of aliphatic hydroxyl groups excluding tert-OH is 1. The molecule has 1 aliphatic heterocycles. The molecule has 2 heterocycles. The van der Waals surface area contributed by atoms with Crippen molar-refractivity contribution in [1.82, 2.24) is 20.6 Å². The number of hydrogen-bond donors (Lipinski definition) is 3. The highest BCUT2D eigenvalue weighted by atomic mass is 32.1. The molecule has 1 fully saturated rings. The summed E-state index contributed by atoms with van der Waals surface area (Å²) >= 11 is 1.58. The Kier molecular flexibility index (Phi) is 8.17. The van der Waals surface area contributed by atoms with Crippen LogP contribution in [0.25, 0.3) is 10.4 Å². The van der Waals surface area contributed by atoms with Crippen molar-refractivity contribution in [2.24, 2.45) is 5.41 Å². The summed E-state index contributed by atoms with van der Waals surface area (Å²) in [6, 6.07) is 6.17. The second kappa shape index (κ2) is 10.7. The predicted octanol–water partition coefficient (Wildman–Crippen LogP) is 2.49. The van der Waals surface area contributed by atoms with Crippen molar-refractivity contribution in [2.45, 2.75) is 66.2 Å². The number of rotatable bonds is 7. The number of likely N-dealkylation sites (tertiary alicyclic amines) is 1. The van der Waals surface area contributed by atoms with E-state index in [0.717, 1.165) is 21.8 Å². The van der Waals surface area contributed by atoms with Gasteiger partial charge in [-0.2, -0.15) is 0 Å². The lowest BCUT2D eigenvalue weighted by Crippen LogP contribution is -2.58. The zero-order chi connectivity index (χ0) is 25.9. The fourth-order valence-corrected chi connectivity index (χ4v) is 5.04. The molecule has 3 rings (SSSR count). The van der Waals surface area contributed by atoms with E-state index in [4.69, 9.17) is 0 Å². The monoisotopic (exact) mass is 501 g/mol. The Morgan fingerprint density at radius 1 is 1.26 bits per heavy atom. The predicted molar refractivity (Wildman–Crippen MR) is 137 cm³/mol. The van der Waals surface area contributed by atoms with E-state index in [1.807, 2.05) is 64.4 Å². The number of nitrogens with one attached hydrogen (secondary N) is 2. The van der Waals surface area contributed by atoms with E-state index in [0.29, 0.717) is 6.54 Å². The highest BCUT2D eigenvalue weighted by Gasteiger charge is 2.44. The summed E-state index contributed by atoms with van der Waals surface area (Å²) in [6.07, 6.45) is -0.681. The van der Waals surface area contributed by atoms with Gasteiger partial charge in [0.2, 0.25) is 11.8 Å². The fraction of sp³-hybridized carbons (Fsp3) is 0.520. The number of aromatic nitrogens is 1. The van der Waals surface area contributed by atoms with Gasteiger partial charge in [0, 0.05) is 26.4 Å². The summed E-state index contributed by atoms with van der Waals surface area (Å²) in [7, 11) is 0. The first-order valence-corrected chi connectivity index (χ1v) is 12.6. The highest BCUT2D eigenvalue weighted by Crippen LogP contribution is 2.29. The van der Waals surface area contributed by atoms with E-state index in [-0.39, 0.29) is 30.7 Å². The number of aliphatic hydroxyl groups is 1. The van der Waals surface area contributed by atoms with Gasteiger partial charge in [-0.15, -0.1) is 11.3 Å². The zero-order valence-corrected chi connectivity index (χ0v) is 22.0. The van der Waals surface area contributed by atoms with Crippen molar-refractivity contribution >= 4 is 34.7 Å². The molecule has 190 valence electrons. The zero-order valence-electron chi connectivity index (χ0n) is 21.2. The number of carbonyl (C=O) groups excluding carboxylic acids is 3. The number of thiazole rings is 1. The molecule has 2 aromatic rings. The molecule has 0 saturated carbocycles. The van der Waals surface area contributed by atoms with Gasteiger partial charge >= 0.3 is 0 Å². The third-order valence-corrected chi connectivity index (χ3v) is 7.05. The molecule has 3 N–H and O–H groups in total. The Morgan fingerprint density at radius 2 is 1.91 bits per heavy atom. The SMILES string of the molecule is CCN(NC(=O)[C@@H]1C[C@@H](O)CN1C(=O)C(NC(C)=O)C(C)(C)C)c1ccc(-c2scnc2C)cc1. The minimum atomic E-state index is -0.843. The van der Waals surface area contributed by atoms with E-state index in [2.05, 4.69) is 15.7 Å². The van der Waals surface area contributed by atoms with Gasteiger partial charge in [0.1, 0.15) is 12.1 Å². The molecule has 10 heteroatoms. The largest absolute Gasteiger partial charge is 0.391 e. The number of nitrogens with zero attached hydrogens (tertiary/aromatic N) is 3. The van der Waals surface area contributed by atoms with Gasteiger partial charge < -0.3 is 15.3 Å². The lowest BCUT2D eigenvalue weighted by Gasteiger charge is -2.35. The van der Waals surface area contributed by atoms with E-state index in [1.165, 1.54) is 11.8 Å². The van der Waals surface area contributed by atoms with Gasteiger partial charge in [-0.25, -0.2) is 4.98 Å². The average Bonchev–Trinajstić information content (AvgIpc) is 3.40. The maximum Gasteiger partial charge on any atom is 0.261 e. The normalized spacial score (nSPS) is 18.8. The third-order valence-electron chi connectivity index (χ3n) is 6.07. The van der Waals surface area contributed by atoms with Gasteiger partial charge in [-0.05, 0) is 37.0 Å². The van der Waals surface area contributed by atoms with Gasteiger partial charge in [0.15, 0.2) is 0 Å². The molecule has 1 aliphatic rings. The van der Waals surface area contributed by atoms with Crippen LogP contribution in [-0.4, -0.2) is 64.0 Å². The summed E-state index contributed by atoms with van der Waals surface area (Å²) in [5, 5.41) is 14.7. The molecule has 0 bridgehead atoms. The molecule has 0 radical (unpaired) electrons. The number of anilines is 1. The number of amides is 3. The maximum atomic E-state index is 13.4. The van der Waals surface area contributed by atoms with E-state index in [9.17, 15) is 19.5 Å². The number of aryl methyl sites for hydroxylation is 1. The van der Waals surface area contributed by atoms with Crippen molar-refractivity contribution in [1.29, 1.82) is 0 Å². The molecule has 1 aromatic heterocycles. The molecule has 35 heavy (non-hydrogen) atoms. The number of hydrazine groups is 1. The van der Waals surface area contributed by atoms with Crippen molar-refractivity contribution in [3.05, 3.63) is 35.5 Å². The Morgan fingerprint density at radius 3 is 2.43 bits per heavy atom. The third kappa shape index (κ3) is 6.18. The smallest absolute Gasteiger partial charge is 0.261 e. The van der Waals surface area contributed by atoms with Gasteiger partial charge in [-0.1, -0.05) is 32.9 Å². The summed E-state index contributed by atoms with van der Waals surface area (Å²) in [5.41, 5.74) is 6.98. The van der Waals surface area contributed by atoms with Crippen molar-refractivity contribution in [3.63, 3.8) is 0 Å². The number of carbonyl (C=O) groups is 3. The molecule has 1 unspecified atom stereocenters. The summed E-state index contributed by atoms with van der Waals surface area (Å²) in [5.74, 6) is -1.08. The minimum Gasteiger partial charge on any atom is -0.391 e. The quantitative estimate of drug-likeness (QED) is 0.502. The molecule has 3 amide bonds. The lowest BCUT2D eigenvalue weighted by molar-refractivity contribution is -0.143. The number of hydrogen-bond acceptors (Lipinski definition) is 7. The van der Waals surface area contributed by atoms with Crippen LogP contribution in [0.15, 0.2) is 29.8 Å². The van der Waals surface area contributed by atoms with Crippen LogP contribution >= 0.6 is 11.3 Å². The van der Waals surface area contributed by atoms with Crippen LogP contribution in [0.4, 0.5) is 5.69 Å². The Hall–Kier alpha value is -2.98. The molecular formula is C25H35N5O4S. The first kappa shape index (κ1) is 26.6. The summed E-state index contributed by atoms with van der Waals surface area (Å²) in [6.45, 7) is 11.3. The second-order valence-corrected chi connectivity index (χ2v) is 10.8. The molecule has 0 aliphatic carbocycles. The Labute approximate surface area is 210 Å². The van der Waals surface area contributed by atoms with Crippen LogP contribution in [-0.2, 0) is 14.4 Å². The van der Waals surface area contributed by atoms with Crippen LogP contribution in [0.5, 0.6) is 0 Å². The standard InChI is InChI=1S/C25H35N5O4S/c1-7-30(18-10-8-17(9-11-18)21-15(2)26-14-35-21)28-23(33)20-12-19(32)13-29(20)24(34)22(25(4,5)6)27-16(3)31/h8-11,14,19-20,22,32H,7,12-13H2,1-6H3,(H,27,31)(H,28,33)/t19-,20+,22?/m1/s1. The number of benzene rings is 1. The lowest BCUT2D eigenvalue weighted by atomic mass is 9.85. The minimum absolute atomic E-state index is 0.0398. The molecule has 0 spiro atoms. The first-order valence-electron chi connectivity index (χ1n) is 11.8. The van der Waals surface area contributed by atoms with Crippen LogP contribution < -0.4 is 15.8 Å². The topological polar surface area (TPSA) is 115 Å². The van der Waals surface area contributed by atoms with Gasteiger partial charge in [0.05, 0.1) is 27.9 Å². The number of β-amino-alcohol motifs (C(OH)–C–C–N with tert-alkyl or cyclic N) is 1.